The molecule has 0 aromatic heterocycles. The predicted molar refractivity (Wildman–Crippen MR) is 88.0 cm³/mol. The van der Waals surface area contributed by atoms with Crippen molar-refractivity contribution in [2.24, 2.45) is 11.3 Å². The van der Waals surface area contributed by atoms with Crippen molar-refractivity contribution >= 4 is 5.91 Å². The molecule has 1 saturated heterocycles. The number of nitrogens with one attached hydrogen (secondary N) is 1. The molecule has 0 radical (unpaired) electrons. The summed E-state index contributed by atoms with van der Waals surface area (Å²) in [6.45, 7) is 10.0. The van der Waals surface area contributed by atoms with Crippen LogP contribution in [-0.4, -0.2) is 29.6 Å². The van der Waals surface area contributed by atoms with Gasteiger partial charge in [-0.15, -0.1) is 0 Å². The summed E-state index contributed by atoms with van der Waals surface area (Å²) in [4.78, 5) is 15.0. The first kappa shape index (κ1) is 16.8. The Hall–Kier alpha value is -0.570. The summed E-state index contributed by atoms with van der Waals surface area (Å²) in [6.07, 6.45) is 9.87. The molecular weight excluding hydrogens is 260 g/mol. The highest BCUT2D eigenvalue weighted by atomic mass is 16.2. The SMILES string of the molecule is CCCCC1NC(CC(C)C)N(CC2(C)CCCC2)C1=O. The van der Waals surface area contributed by atoms with E-state index in [-0.39, 0.29) is 12.2 Å². The normalized spacial score (nSPS) is 28.8. The number of unbranched alkanes of at least 4 members (excludes halogenated alkanes) is 1. The maximum Gasteiger partial charge on any atom is 0.241 e. The van der Waals surface area contributed by atoms with Gasteiger partial charge in [0.05, 0.1) is 12.2 Å². The van der Waals surface area contributed by atoms with Crippen LogP contribution >= 0.6 is 0 Å². The van der Waals surface area contributed by atoms with Crippen molar-refractivity contribution in [3.63, 3.8) is 0 Å². The molecule has 1 aliphatic heterocycles. The van der Waals surface area contributed by atoms with E-state index in [4.69, 9.17) is 0 Å². The van der Waals surface area contributed by atoms with E-state index < -0.39 is 0 Å². The largest absolute Gasteiger partial charge is 0.325 e. The highest BCUT2D eigenvalue weighted by Crippen LogP contribution is 2.39. The molecule has 2 atom stereocenters. The van der Waals surface area contributed by atoms with E-state index in [9.17, 15) is 4.79 Å². The number of amides is 1. The topological polar surface area (TPSA) is 32.3 Å². The quantitative estimate of drug-likeness (QED) is 0.771. The number of hydrogen-bond acceptors (Lipinski definition) is 2. The summed E-state index contributed by atoms with van der Waals surface area (Å²) in [5.74, 6) is 0.987. The van der Waals surface area contributed by atoms with Crippen molar-refractivity contribution in [1.29, 1.82) is 0 Å². The van der Waals surface area contributed by atoms with Gasteiger partial charge < -0.3 is 4.90 Å². The van der Waals surface area contributed by atoms with Crippen LogP contribution in [0.4, 0.5) is 0 Å². The van der Waals surface area contributed by atoms with Crippen molar-refractivity contribution in [3.05, 3.63) is 0 Å². The Kier molecular flexibility index (Phi) is 5.70. The first-order valence-electron chi connectivity index (χ1n) is 9.02. The number of hydrogen-bond donors (Lipinski definition) is 1. The summed E-state index contributed by atoms with van der Waals surface area (Å²) in [6, 6.07) is 0.0682. The molecule has 3 heteroatoms. The van der Waals surface area contributed by atoms with Crippen LogP contribution in [0.25, 0.3) is 0 Å². The third-order valence-corrected chi connectivity index (χ3v) is 5.25. The van der Waals surface area contributed by atoms with Crippen molar-refractivity contribution in [3.8, 4) is 0 Å². The molecule has 0 aromatic rings. The average molecular weight is 294 g/mol. The smallest absolute Gasteiger partial charge is 0.241 e. The third kappa shape index (κ3) is 4.21. The second-order valence-corrected chi connectivity index (χ2v) is 7.99. The fraction of sp³-hybridized carbons (Fsp3) is 0.944. The highest BCUT2D eigenvalue weighted by molar-refractivity contribution is 5.84. The molecule has 1 heterocycles. The van der Waals surface area contributed by atoms with Gasteiger partial charge in [-0.05, 0) is 37.0 Å². The number of nitrogens with zero attached hydrogens (tertiary/aromatic N) is 1. The Morgan fingerprint density at radius 1 is 1.33 bits per heavy atom. The van der Waals surface area contributed by atoms with Crippen molar-refractivity contribution < 1.29 is 4.79 Å². The Labute approximate surface area is 130 Å². The van der Waals surface area contributed by atoms with Crippen molar-refractivity contribution in [2.45, 2.75) is 91.3 Å². The third-order valence-electron chi connectivity index (χ3n) is 5.25. The summed E-state index contributed by atoms with van der Waals surface area (Å²) in [5, 5.41) is 3.62. The molecule has 21 heavy (non-hydrogen) atoms. The van der Waals surface area contributed by atoms with Gasteiger partial charge in [0.25, 0.3) is 0 Å². The lowest BCUT2D eigenvalue weighted by molar-refractivity contribution is -0.131. The maximum atomic E-state index is 12.8. The average Bonchev–Trinajstić information content (AvgIpc) is 2.95. The van der Waals surface area contributed by atoms with Gasteiger partial charge in [0, 0.05) is 6.54 Å². The van der Waals surface area contributed by atoms with Gasteiger partial charge in [-0.25, -0.2) is 0 Å². The lowest BCUT2D eigenvalue weighted by Gasteiger charge is -2.34. The van der Waals surface area contributed by atoms with E-state index in [1.807, 2.05) is 0 Å². The van der Waals surface area contributed by atoms with Gasteiger partial charge in [-0.1, -0.05) is 53.4 Å². The minimum absolute atomic E-state index is 0.0682. The second-order valence-electron chi connectivity index (χ2n) is 7.99. The molecule has 122 valence electrons. The molecule has 0 spiro atoms. The maximum absolute atomic E-state index is 12.8. The molecule has 0 aromatic carbocycles. The standard InChI is InChI=1S/C18H34N2O/c1-5-6-9-15-17(21)20(16(19-15)12-14(2)3)13-18(4)10-7-8-11-18/h14-16,19H,5-13H2,1-4H3. The summed E-state index contributed by atoms with van der Waals surface area (Å²) < 4.78 is 0. The van der Waals surface area contributed by atoms with Crippen molar-refractivity contribution in [1.82, 2.24) is 10.2 Å². The highest BCUT2D eigenvalue weighted by Gasteiger charge is 2.42. The van der Waals surface area contributed by atoms with Crippen LogP contribution in [-0.2, 0) is 4.79 Å². The van der Waals surface area contributed by atoms with Gasteiger partial charge in [-0.2, -0.15) is 0 Å². The van der Waals surface area contributed by atoms with Gasteiger partial charge >= 0.3 is 0 Å². The molecule has 1 aliphatic carbocycles. The van der Waals surface area contributed by atoms with Gasteiger partial charge in [-0.3, -0.25) is 10.1 Å². The summed E-state index contributed by atoms with van der Waals surface area (Å²) >= 11 is 0. The fourth-order valence-corrected chi connectivity index (χ4v) is 3.99. The lowest BCUT2D eigenvalue weighted by atomic mass is 9.88. The summed E-state index contributed by atoms with van der Waals surface area (Å²) in [7, 11) is 0. The van der Waals surface area contributed by atoms with Crippen LogP contribution in [0, 0.1) is 11.3 Å². The van der Waals surface area contributed by atoms with Crippen LogP contribution in [0.2, 0.25) is 0 Å². The second kappa shape index (κ2) is 7.13. The molecule has 2 aliphatic rings. The first-order chi connectivity index (χ1) is 9.95. The Morgan fingerprint density at radius 3 is 2.57 bits per heavy atom. The lowest BCUT2D eigenvalue weighted by Crippen LogP contribution is -2.43. The molecule has 0 bridgehead atoms. The van der Waals surface area contributed by atoms with Gasteiger partial charge in [0.1, 0.15) is 0 Å². The van der Waals surface area contributed by atoms with Gasteiger partial charge in [0.15, 0.2) is 0 Å². The zero-order valence-corrected chi connectivity index (χ0v) is 14.5. The van der Waals surface area contributed by atoms with E-state index in [1.165, 1.54) is 25.7 Å². The van der Waals surface area contributed by atoms with Gasteiger partial charge in [0.2, 0.25) is 5.91 Å². The minimum atomic E-state index is 0.0682. The van der Waals surface area contributed by atoms with E-state index in [0.717, 1.165) is 32.2 Å². The van der Waals surface area contributed by atoms with E-state index in [2.05, 4.69) is 37.9 Å². The first-order valence-corrected chi connectivity index (χ1v) is 9.02. The number of rotatable bonds is 7. The molecule has 1 N–H and O–H groups in total. The predicted octanol–water partition coefficient (Wildman–Crippen LogP) is 3.93. The molecular formula is C18H34N2O. The molecule has 1 saturated carbocycles. The van der Waals surface area contributed by atoms with Crippen LogP contribution in [0.1, 0.15) is 79.1 Å². The van der Waals surface area contributed by atoms with Crippen molar-refractivity contribution in [2.75, 3.05) is 6.54 Å². The summed E-state index contributed by atoms with van der Waals surface area (Å²) in [5.41, 5.74) is 0.353. The van der Waals surface area contributed by atoms with E-state index >= 15 is 0 Å². The van der Waals surface area contributed by atoms with Crippen LogP contribution in [0.5, 0.6) is 0 Å². The molecule has 2 rings (SSSR count). The zero-order chi connectivity index (χ0) is 15.5. The number of carbonyl (C=O) groups excluding carboxylic acids is 1. The fourth-order valence-electron chi connectivity index (χ4n) is 3.99. The van der Waals surface area contributed by atoms with Crippen LogP contribution in [0.15, 0.2) is 0 Å². The van der Waals surface area contributed by atoms with E-state index in [0.29, 0.717) is 17.2 Å². The molecule has 2 unspecified atom stereocenters. The Bertz CT molecular complexity index is 347. The Morgan fingerprint density at radius 2 is 2.00 bits per heavy atom. The zero-order valence-electron chi connectivity index (χ0n) is 14.5. The van der Waals surface area contributed by atoms with Crippen LogP contribution in [0.3, 0.4) is 0 Å². The molecule has 1 amide bonds. The molecule has 2 fully saturated rings. The van der Waals surface area contributed by atoms with E-state index in [1.54, 1.807) is 0 Å². The van der Waals surface area contributed by atoms with Crippen LogP contribution < -0.4 is 5.32 Å². The minimum Gasteiger partial charge on any atom is -0.325 e. The number of carbonyl (C=O) groups is 1. The Balaban J connectivity index is 2.04. The monoisotopic (exact) mass is 294 g/mol. The molecule has 3 nitrogen and oxygen atoms in total.